The number of imide groups is 1. The number of para-hydroxylation sites is 1. The van der Waals surface area contributed by atoms with E-state index in [4.69, 9.17) is 0 Å². The summed E-state index contributed by atoms with van der Waals surface area (Å²) in [5, 5.41) is 11.9. The van der Waals surface area contributed by atoms with Gasteiger partial charge in [0.1, 0.15) is 0 Å². The summed E-state index contributed by atoms with van der Waals surface area (Å²) in [6.07, 6.45) is 2.88. The molecule has 39 heavy (non-hydrogen) atoms. The van der Waals surface area contributed by atoms with Crippen LogP contribution in [0.4, 0.5) is 8.78 Å². The molecule has 6 atom stereocenters. The molecule has 2 amide bonds. The Hall–Kier alpha value is -2.65. The first-order valence-electron chi connectivity index (χ1n) is 14.4. The minimum Gasteiger partial charge on any atom is -0.389 e. The van der Waals surface area contributed by atoms with E-state index in [1.54, 1.807) is 6.07 Å². The van der Waals surface area contributed by atoms with Gasteiger partial charge >= 0.3 is 0 Å². The number of aliphatic hydroxyl groups is 1. The molecule has 1 aromatic heterocycles. The molecule has 7 rings (SSSR count). The van der Waals surface area contributed by atoms with E-state index in [9.17, 15) is 28.3 Å². The standard InChI is InChI=1S/C30H35F2N3O4/c31-30(32)15-25(30)29(39)10-7-22-23(14-29)28(38)34(27(22)37)17-20-13-19(20)16-33-11-8-21(9-12-33)35-24-4-2-1-3-18(24)5-6-26(35)36/h1-6,19-23,25,39H,7-17H2/t19-,20-,22?,23?,25?,29?/m1/s1. The van der Waals surface area contributed by atoms with Gasteiger partial charge in [-0.1, -0.05) is 18.2 Å². The predicted molar refractivity (Wildman–Crippen MR) is 140 cm³/mol. The van der Waals surface area contributed by atoms with Crippen molar-refractivity contribution in [1.82, 2.24) is 14.4 Å². The SMILES string of the molecule is O=C1C2CCC(O)(C3CC3(F)F)CC2C(=O)N1C[C@H]1C[C@@H]1CN1CCC(n2c(=O)ccc3ccccc32)CC1. The number of amides is 2. The lowest BCUT2D eigenvalue weighted by molar-refractivity contribution is -0.140. The van der Waals surface area contributed by atoms with Gasteiger partial charge in [0.15, 0.2) is 0 Å². The molecule has 1 aromatic carbocycles. The largest absolute Gasteiger partial charge is 0.389 e. The summed E-state index contributed by atoms with van der Waals surface area (Å²) < 4.78 is 29.3. The summed E-state index contributed by atoms with van der Waals surface area (Å²) in [6, 6.07) is 11.7. The van der Waals surface area contributed by atoms with Crippen LogP contribution in [0.15, 0.2) is 41.2 Å². The van der Waals surface area contributed by atoms with E-state index in [0.717, 1.165) is 49.8 Å². The van der Waals surface area contributed by atoms with Crippen molar-refractivity contribution in [2.24, 2.45) is 29.6 Å². The summed E-state index contributed by atoms with van der Waals surface area (Å²) >= 11 is 0. The molecule has 2 aliphatic heterocycles. The van der Waals surface area contributed by atoms with E-state index >= 15 is 0 Å². The number of hydrogen-bond acceptors (Lipinski definition) is 5. The smallest absolute Gasteiger partial charge is 0.254 e. The molecule has 0 bridgehead atoms. The fraction of sp³-hybridized carbons (Fsp3) is 0.633. The van der Waals surface area contributed by atoms with Crippen LogP contribution in [0.2, 0.25) is 0 Å². The average molecular weight is 540 g/mol. The number of aromatic nitrogens is 1. The zero-order valence-corrected chi connectivity index (χ0v) is 22.0. The van der Waals surface area contributed by atoms with E-state index in [0.29, 0.717) is 18.9 Å². The Bertz CT molecular complexity index is 1390. The molecular weight excluding hydrogens is 504 g/mol. The first-order chi connectivity index (χ1) is 18.6. The highest BCUT2D eigenvalue weighted by Crippen LogP contribution is 2.60. The van der Waals surface area contributed by atoms with Gasteiger partial charge in [0, 0.05) is 44.7 Å². The third-order valence-electron chi connectivity index (χ3n) is 10.3. The van der Waals surface area contributed by atoms with Gasteiger partial charge in [-0.05, 0) is 67.9 Å². The second-order valence-corrected chi connectivity index (χ2v) is 12.8. The fourth-order valence-electron chi connectivity index (χ4n) is 7.86. The maximum atomic E-state index is 13.7. The van der Waals surface area contributed by atoms with E-state index in [2.05, 4.69) is 4.90 Å². The second kappa shape index (κ2) is 8.93. The van der Waals surface area contributed by atoms with Crippen LogP contribution in [-0.4, -0.2) is 69.0 Å². The average Bonchev–Trinajstić information content (AvgIpc) is 3.80. The van der Waals surface area contributed by atoms with E-state index in [1.165, 1.54) is 4.90 Å². The maximum absolute atomic E-state index is 13.7. The van der Waals surface area contributed by atoms with Crippen LogP contribution < -0.4 is 5.56 Å². The molecule has 3 aliphatic carbocycles. The number of nitrogens with zero attached hydrogens (tertiary/aromatic N) is 3. The normalized spacial score (nSPS) is 36.4. The van der Waals surface area contributed by atoms with E-state index in [1.807, 2.05) is 34.9 Å². The van der Waals surface area contributed by atoms with Gasteiger partial charge in [-0.3, -0.25) is 19.3 Å². The molecule has 2 aromatic rings. The number of pyridine rings is 1. The van der Waals surface area contributed by atoms with Crippen LogP contribution in [0.5, 0.6) is 0 Å². The molecule has 5 aliphatic rings. The second-order valence-electron chi connectivity index (χ2n) is 12.8. The number of hydrogen-bond donors (Lipinski definition) is 1. The Kier molecular flexibility index (Phi) is 5.80. The van der Waals surface area contributed by atoms with Crippen LogP contribution in [0.1, 0.15) is 51.0 Å². The van der Waals surface area contributed by atoms with Crippen molar-refractivity contribution in [1.29, 1.82) is 0 Å². The van der Waals surface area contributed by atoms with Gasteiger partial charge in [0.25, 0.3) is 11.5 Å². The van der Waals surface area contributed by atoms with Crippen LogP contribution in [0, 0.1) is 29.6 Å². The molecular formula is C30H35F2N3O4. The molecule has 3 heterocycles. The Morgan fingerprint density at radius 3 is 2.31 bits per heavy atom. The van der Waals surface area contributed by atoms with Crippen LogP contribution in [0.25, 0.3) is 10.9 Å². The lowest BCUT2D eigenvalue weighted by Gasteiger charge is -2.36. The molecule has 1 N–H and O–H groups in total. The third-order valence-corrected chi connectivity index (χ3v) is 10.3. The Morgan fingerprint density at radius 2 is 1.56 bits per heavy atom. The molecule has 208 valence electrons. The quantitative estimate of drug-likeness (QED) is 0.569. The molecule has 5 fully saturated rings. The number of fused-ring (bicyclic) bond motifs is 2. The topological polar surface area (TPSA) is 82.8 Å². The van der Waals surface area contributed by atoms with Gasteiger partial charge in [0.2, 0.25) is 11.8 Å². The zero-order chi connectivity index (χ0) is 27.1. The van der Waals surface area contributed by atoms with Crippen molar-refractivity contribution in [2.45, 2.75) is 62.5 Å². The maximum Gasteiger partial charge on any atom is 0.254 e. The summed E-state index contributed by atoms with van der Waals surface area (Å²) in [5.41, 5.74) is -0.517. The minimum atomic E-state index is -2.85. The molecule has 4 unspecified atom stereocenters. The van der Waals surface area contributed by atoms with Crippen molar-refractivity contribution in [3.63, 3.8) is 0 Å². The van der Waals surface area contributed by atoms with Crippen molar-refractivity contribution in [3.8, 4) is 0 Å². The number of carbonyl (C=O) groups is 2. The highest BCUT2D eigenvalue weighted by molar-refractivity contribution is 6.05. The fourth-order valence-corrected chi connectivity index (χ4v) is 7.86. The number of benzene rings is 1. The van der Waals surface area contributed by atoms with Crippen LogP contribution >= 0.6 is 0 Å². The van der Waals surface area contributed by atoms with Crippen molar-refractivity contribution >= 4 is 22.7 Å². The molecule has 2 saturated heterocycles. The van der Waals surface area contributed by atoms with Gasteiger partial charge in [-0.2, -0.15) is 0 Å². The number of halogens is 2. The van der Waals surface area contributed by atoms with Crippen molar-refractivity contribution < 1.29 is 23.5 Å². The summed E-state index contributed by atoms with van der Waals surface area (Å²) in [7, 11) is 0. The van der Waals surface area contributed by atoms with Crippen molar-refractivity contribution in [3.05, 3.63) is 46.8 Å². The first-order valence-corrected chi connectivity index (χ1v) is 14.4. The lowest BCUT2D eigenvalue weighted by atomic mass is 9.70. The third kappa shape index (κ3) is 4.32. The number of rotatable bonds is 6. The predicted octanol–water partition coefficient (Wildman–Crippen LogP) is 3.45. The van der Waals surface area contributed by atoms with Gasteiger partial charge in [-0.25, -0.2) is 8.78 Å². The highest BCUT2D eigenvalue weighted by Gasteiger charge is 2.68. The Morgan fingerprint density at radius 1 is 0.872 bits per heavy atom. The molecule has 3 saturated carbocycles. The summed E-state index contributed by atoms with van der Waals surface area (Å²) in [6.45, 7) is 3.12. The molecule has 0 spiro atoms. The lowest BCUT2D eigenvalue weighted by Crippen LogP contribution is -2.43. The monoisotopic (exact) mass is 539 g/mol. The minimum absolute atomic E-state index is 0.0260. The zero-order valence-electron chi connectivity index (χ0n) is 22.0. The molecule has 0 radical (unpaired) electrons. The van der Waals surface area contributed by atoms with Gasteiger partial charge < -0.3 is 14.6 Å². The Balaban J connectivity index is 0.931. The van der Waals surface area contributed by atoms with Crippen LogP contribution in [-0.2, 0) is 9.59 Å². The highest BCUT2D eigenvalue weighted by atomic mass is 19.3. The summed E-state index contributed by atoms with van der Waals surface area (Å²) in [5.74, 6) is -4.84. The van der Waals surface area contributed by atoms with Crippen molar-refractivity contribution in [2.75, 3.05) is 26.2 Å². The number of carbonyl (C=O) groups excluding carboxylic acids is 2. The van der Waals surface area contributed by atoms with Crippen LogP contribution in [0.3, 0.4) is 0 Å². The van der Waals surface area contributed by atoms with Gasteiger partial charge in [-0.15, -0.1) is 0 Å². The first kappa shape index (κ1) is 25.3. The van der Waals surface area contributed by atoms with E-state index in [-0.39, 0.29) is 48.6 Å². The number of piperidine rings is 1. The number of likely N-dealkylation sites (tertiary alicyclic amines) is 2. The number of alkyl halides is 2. The molecule has 7 nitrogen and oxygen atoms in total. The summed E-state index contributed by atoms with van der Waals surface area (Å²) in [4.78, 5) is 42.7. The van der Waals surface area contributed by atoms with E-state index < -0.39 is 29.3 Å². The molecule has 9 heteroatoms. The van der Waals surface area contributed by atoms with Gasteiger partial charge in [0.05, 0.1) is 28.9 Å². The Labute approximate surface area is 225 Å².